The third-order valence-electron chi connectivity index (χ3n) is 3.34. The van der Waals surface area contributed by atoms with Crippen molar-refractivity contribution in [3.8, 4) is 5.75 Å². The van der Waals surface area contributed by atoms with Gasteiger partial charge in [0.1, 0.15) is 12.1 Å². The fourth-order valence-electron chi connectivity index (χ4n) is 2.18. The molecule has 0 aliphatic rings. The number of ether oxygens (including phenoxy) is 1. The molecular formula is C16H21FN4O2. The molecule has 0 radical (unpaired) electrons. The average Bonchev–Trinajstić information content (AvgIpc) is 2.94. The third kappa shape index (κ3) is 4.53. The minimum absolute atomic E-state index is 0.173. The number of aryl methyl sites for hydroxylation is 1. The van der Waals surface area contributed by atoms with E-state index >= 15 is 0 Å². The number of carbonyl (C=O) groups is 1. The zero-order valence-corrected chi connectivity index (χ0v) is 13.4. The van der Waals surface area contributed by atoms with Crippen LogP contribution in [0.4, 0.5) is 4.39 Å². The maximum Gasteiger partial charge on any atom is 0.241 e. The summed E-state index contributed by atoms with van der Waals surface area (Å²) in [5, 5.41) is 9.80. The average molecular weight is 320 g/mol. The predicted molar refractivity (Wildman–Crippen MR) is 84.5 cm³/mol. The fraction of sp³-hybridized carbons (Fsp3) is 0.375. The van der Waals surface area contributed by atoms with Gasteiger partial charge in [0.25, 0.3) is 0 Å². The Bertz CT molecular complexity index is 659. The lowest BCUT2D eigenvalue weighted by molar-refractivity contribution is -0.123. The number of aromatic nitrogens is 2. The summed E-state index contributed by atoms with van der Waals surface area (Å²) in [6, 6.07) is 5.69. The van der Waals surface area contributed by atoms with Crippen LogP contribution < -0.4 is 15.4 Å². The minimum atomic E-state index is -0.496. The quantitative estimate of drug-likeness (QED) is 0.809. The molecule has 0 aliphatic heterocycles. The molecule has 0 fully saturated rings. The molecule has 2 atom stereocenters. The smallest absolute Gasteiger partial charge is 0.241 e. The van der Waals surface area contributed by atoms with Crippen LogP contribution in [0.5, 0.6) is 5.75 Å². The van der Waals surface area contributed by atoms with Crippen molar-refractivity contribution in [2.45, 2.75) is 19.1 Å². The van der Waals surface area contributed by atoms with Crippen LogP contribution in [0.25, 0.3) is 0 Å². The zero-order chi connectivity index (χ0) is 16.8. The summed E-state index contributed by atoms with van der Waals surface area (Å²) in [6.07, 6.45) is 3.06. The summed E-state index contributed by atoms with van der Waals surface area (Å²) < 4.78 is 20.7. The SMILES string of the molecule is CNC(C(=O)NCC(C)Oc1ccccc1F)c1cnn(C)c1. The second-order valence-corrected chi connectivity index (χ2v) is 5.27. The number of amides is 1. The molecule has 0 aliphatic carbocycles. The number of hydrogen-bond acceptors (Lipinski definition) is 4. The minimum Gasteiger partial charge on any atom is -0.486 e. The Morgan fingerprint density at radius 1 is 1.43 bits per heavy atom. The van der Waals surface area contributed by atoms with Gasteiger partial charge in [0.05, 0.1) is 12.7 Å². The molecule has 1 amide bonds. The van der Waals surface area contributed by atoms with Gasteiger partial charge in [-0.15, -0.1) is 0 Å². The Balaban J connectivity index is 1.89. The van der Waals surface area contributed by atoms with Gasteiger partial charge in [-0.1, -0.05) is 12.1 Å². The molecule has 0 saturated heterocycles. The van der Waals surface area contributed by atoms with Gasteiger partial charge < -0.3 is 15.4 Å². The van der Waals surface area contributed by atoms with Gasteiger partial charge in [-0.3, -0.25) is 9.48 Å². The van der Waals surface area contributed by atoms with E-state index in [0.717, 1.165) is 5.56 Å². The molecule has 1 aromatic heterocycles. The fourth-order valence-corrected chi connectivity index (χ4v) is 2.18. The maximum absolute atomic E-state index is 13.5. The van der Waals surface area contributed by atoms with Crippen molar-refractivity contribution in [3.05, 3.63) is 48.0 Å². The molecule has 2 aromatic rings. The van der Waals surface area contributed by atoms with Crippen molar-refractivity contribution in [2.75, 3.05) is 13.6 Å². The lowest BCUT2D eigenvalue weighted by Gasteiger charge is -2.18. The standard InChI is InChI=1S/C16H21FN4O2/c1-11(23-14-7-5-4-6-13(14)17)8-19-16(22)15(18-2)12-9-20-21(3)10-12/h4-7,9-11,15,18H,8H2,1-3H3,(H,19,22). The Labute approximate surface area is 134 Å². The first kappa shape index (κ1) is 17.0. The summed E-state index contributed by atoms with van der Waals surface area (Å²) in [7, 11) is 3.50. The normalized spacial score (nSPS) is 13.4. The number of carbonyl (C=O) groups excluding carboxylic acids is 1. The van der Waals surface area contributed by atoms with Gasteiger partial charge >= 0.3 is 0 Å². The molecule has 7 heteroatoms. The van der Waals surface area contributed by atoms with E-state index in [1.807, 2.05) is 0 Å². The van der Waals surface area contributed by atoms with E-state index in [9.17, 15) is 9.18 Å². The molecule has 2 unspecified atom stereocenters. The lowest BCUT2D eigenvalue weighted by atomic mass is 10.1. The second-order valence-electron chi connectivity index (χ2n) is 5.27. The number of likely N-dealkylation sites (N-methyl/N-ethyl adjacent to an activating group) is 1. The van der Waals surface area contributed by atoms with E-state index < -0.39 is 11.9 Å². The predicted octanol–water partition coefficient (Wildman–Crippen LogP) is 1.40. The first-order valence-corrected chi connectivity index (χ1v) is 7.36. The summed E-state index contributed by atoms with van der Waals surface area (Å²) in [5.74, 6) is -0.440. The van der Waals surface area contributed by atoms with E-state index in [2.05, 4.69) is 15.7 Å². The number of benzene rings is 1. The Kier molecular flexibility index (Phi) is 5.70. The van der Waals surface area contributed by atoms with Crippen LogP contribution in [0.2, 0.25) is 0 Å². The molecule has 124 valence electrons. The van der Waals surface area contributed by atoms with Gasteiger partial charge in [0.2, 0.25) is 5.91 Å². The van der Waals surface area contributed by atoms with Crippen LogP contribution in [0.1, 0.15) is 18.5 Å². The van der Waals surface area contributed by atoms with E-state index in [-0.39, 0.29) is 24.3 Å². The van der Waals surface area contributed by atoms with Crippen LogP contribution in [-0.2, 0) is 11.8 Å². The van der Waals surface area contributed by atoms with Crippen LogP contribution in [-0.4, -0.2) is 35.4 Å². The van der Waals surface area contributed by atoms with Gasteiger partial charge in [-0.25, -0.2) is 4.39 Å². The largest absolute Gasteiger partial charge is 0.486 e. The van der Waals surface area contributed by atoms with E-state index in [1.165, 1.54) is 6.07 Å². The van der Waals surface area contributed by atoms with Crippen molar-refractivity contribution < 1.29 is 13.9 Å². The molecule has 0 spiro atoms. The van der Waals surface area contributed by atoms with E-state index in [1.54, 1.807) is 56.3 Å². The molecular weight excluding hydrogens is 299 g/mol. The van der Waals surface area contributed by atoms with Gasteiger partial charge in [-0.05, 0) is 26.1 Å². The van der Waals surface area contributed by atoms with Crippen molar-refractivity contribution in [3.63, 3.8) is 0 Å². The topological polar surface area (TPSA) is 68.2 Å². The van der Waals surface area contributed by atoms with Gasteiger partial charge in [0.15, 0.2) is 11.6 Å². The van der Waals surface area contributed by atoms with Crippen molar-refractivity contribution in [1.82, 2.24) is 20.4 Å². The Morgan fingerprint density at radius 3 is 2.78 bits per heavy atom. The van der Waals surface area contributed by atoms with E-state index in [4.69, 9.17) is 4.74 Å². The summed E-state index contributed by atoms with van der Waals surface area (Å²) >= 11 is 0. The van der Waals surface area contributed by atoms with Crippen LogP contribution in [0, 0.1) is 5.82 Å². The van der Waals surface area contributed by atoms with Crippen LogP contribution >= 0.6 is 0 Å². The van der Waals surface area contributed by atoms with Crippen molar-refractivity contribution >= 4 is 5.91 Å². The van der Waals surface area contributed by atoms with Crippen LogP contribution in [0.3, 0.4) is 0 Å². The highest BCUT2D eigenvalue weighted by atomic mass is 19.1. The van der Waals surface area contributed by atoms with Crippen LogP contribution in [0.15, 0.2) is 36.7 Å². The van der Waals surface area contributed by atoms with Gasteiger partial charge in [-0.2, -0.15) is 5.10 Å². The molecule has 2 rings (SSSR count). The number of halogens is 1. The highest BCUT2D eigenvalue weighted by Crippen LogP contribution is 2.17. The number of rotatable bonds is 7. The maximum atomic E-state index is 13.5. The molecule has 0 bridgehead atoms. The zero-order valence-electron chi connectivity index (χ0n) is 13.4. The molecule has 23 heavy (non-hydrogen) atoms. The summed E-state index contributed by atoms with van der Waals surface area (Å²) in [6.45, 7) is 2.04. The second kappa shape index (κ2) is 7.73. The number of hydrogen-bond donors (Lipinski definition) is 2. The summed E-state index contributed by atoms with van der Waals surface area (Å²) in [4.78, 5) is 12.3. The molecule has 1 aromatic carbocycles. The highest BCUT2D eigenvalue weighted by Gasteiger charge is 2.20. The molecule has 1 heterocycles. The first-order chi connectivity index (χ1) is 11.0. The third-order valence-corrected chi connectivity index (χ3v) is 3.34. The van der Waals surface area contributed by atoms with E-state index in [0.29, 0.717) is 0 Å². The Morgan fingerprint density at radius 2 is 2.17 bits per heavy atom. The number of para-hydroxylation sites is 1. The first-order valence-electron chi connectivity index (χ1n) is 7.36. The van der Waals surface area contributed by atoms with Gasteiger partial charge in [0, 0.05) is 18.8 Å². The molecule has 6 nitrogen and oxygen atoms in total. The number of nitrogens with zero attached hydrogens (tertiary/aromatic N) is 2. The highest BCUT2D eigenvalue weighted by molar-refractivity contribution is 5.83. The monoisotopic (exact) mass is 320 g/mol. The number of nitrogens with one attached hydrogen (secondary N) is 2. The Hall–Kier alpha value is -2.41. The molecule has 2 N–H and O–H groups in total. The molecule has 0 saturated carbocycles. The van der Waals surface area contributed by atoms with Crippen molar-refractivity contribution in [1.29, 1.82) is 0 Å². The lowest BCUT2D eigenvalue weighted by Crippen LogP contribution is -2.40. The summed E-state index contributed by atoms with van der Waals surface area (Å²) in [5.41, 5.74) is 0.773. The van der Waals surface area contributed by atoms with Crippen molar-refractivity contribution in [2.24, 2.45) is 7.05 Å².